The molecule has 1 aliphatic heterocycles. The number of benzene rings is 1. The minimum atomic E-state index is 0.00330. The van der Waals surface area contributed by atoms with Crippen LogP contribution >= 0.6 is 0 Å². The molecule has 2 heterocycles. The van der Waals surface area contributed by atoms with Crippen molar-refractivity contribution in [2.75, 3.05) is 26.3 Å². The zero-order valence-electron chi connectivity index (χ0n) is 11.0. The van der Waals surface area contributed by atoms with Gasteiger partial charge in [-0.05, 0) is 12.1 Å². The maximum absolute atomic E-state index is 9.20. The van der Waals surface area contributed by atoms with E-state index in [9.17, 15) is 5.26 Å². The van der Waals surface area contributed by atoms with Gasteiger partial charge < -0.3 is 14.8 Å². The van der Waals surface area contributed by atoms with E-state index in [-0.39, 0.29) is 6.10 Å². The number of aromatic nitrogens is 1. The summed E-state index contributed by atoms with van der Waals surface area (Å²) in [6, 6.07) is 11.6. The fraction of sp³-hybridized carbons (Fsp3) is 0.333. The molecule has 1 unspecified atom stereocenters. The van der Waals surface area contributed by atoms with Crippen LogP contribution in [0.1, 0.15) is 5.56 Å². The molecule has 5 heteroatoms. The average Bonchev–Trinajstić information content (AvgIpc) is 2.53. The molecule has 0 amide bonds. The van der Waals surface area contributed by atoms with Crippen LogP contribution in [-0.4, -0.2) is 37.4 Å². The number of hydrogen-bond donors (Lipinski definition) is 1. The van der Waals surface area contributed by atoms with Gasteiger partial charge in [0, 0.05) is 18.5 Å². The van der Waals surface area contributed by atoms with Gasteiger partial charge in [0.2, 0.25) is 5.88 Å². The zero-order chi connectivity index (χ0) is 13.8. The Balaban J connectivity index is 1.80. The van der Waals surface area contributed by atoms with E-state index < -0.39 is 0 Å². The Hall–Kier alpha value is -2.16. The Morgan fingerprint density at radius 1 is 1.45 bits per heavy atom. The van der Waals surface area contributed by atoms with Crippen molar-refractivity contribution in [2.45, 2.75) is 6.10 Å². The van der Waals surface area contributed by atoms with Crippen molar-refractivity contribution < 1.29 is 9.47 Å². The summed E-state index contributed by atoms with van der Waals surface area (Å²) in [6.07, 6.45) is 0.00330. The molecular formula is C15H15N3O2. The Bertz CT molecular complexity index is 645. The van der Waals surface area contributed by atoms with Gasteiger partial charge in [-0.25, -0.2) is 4.98 Å². The molecular weight excluding hydrogens is 254 g/mol. The predicted octanol–water partition coefficient (Wildman–Crippen LogP) is 1.47. The number of ether oxygens (including phenoxy) is 2. The summed E-state index contributed by atoms with van der Waals surface area (Å²) >= 11 is 0. The highest BCUT2D eigenvalue weighted by atomic mass is 16.5. The number of para-hydroxylation sites is 1. The summed E-state index contributed by atoms with van der Waals surface area (Å²) in [7, 11) is 0. The third-order valence-electron chi connectivity index (χ3n) is 3.22. The SMILES string of the molecule is N#Cc1cc2ccccc2nc1OCC1CNCCO1. The first-order valence-corrected chi connectivity index (χ1v) is 6.62. The van der Waals surface area contributed by atoms with Crippen LogP contribution in [0.3, 0.4) is 0 Å². The molecule has 1 fully saturated rings. The molecule has 0 saturated carbocycles. The standard InChI is InChI=1S/C15H15N3O2/c16-8-12-7-11-3-1-2-4-14(11)18-15(12)20-10-13-9-17-5-6-19-13/h1-4,7,13,17H,5-6,9-10H2. The van der Waals surface area contributed by atoms with Gasteiger partial charge in [0.05, 0.1) is 12.1 Å². The summed E-state index contributed by atoms with van der Waals surface area (Å²) < 4.78 is 11.2. The van der Waals surface area contributed by atoms with Gasteiger partial charge in [0.25, 0.3) is 0 Å². The largest absolute Gasteiger partial charge is 0.474 e. The summed E-state index contributed by atoms with van der Waals surface area (Å²) in [6.45, 7) is 2.71. The number of fused-ring (bicyclic) bond motifs is 1. The smallest absolute Gasteiger partial charge is 0.232 e. The molecule has 1 aromatic heterocycles. The molecule has 20 heavy (non-hydrogen) atoms. The molecule has 1 aromatic carbocycles. The van der Waals surface area contributed by atoms with Crippen LogP contribution in [0, 0.1) is 11.3 Å². The van der Waals surface area contributed by atoms with Crippen LogP contribution in [-0.2, 0) is 4.74 Å². The third kappa shape index (κ3) is 2.72. The second-order valence-electron chi connectivity index (χ2n) is 4.65. The Kier molecular flexibility index (Phi) is 3.77. The molecule has 5 nitrogen and oxygen atoms in total. The van der Waals surface area contributed by atoms with Gasteiger partial charge in [-0.1, -0.05) is 18.2 Å². The number of morpholine rings is 1. The molecule has 1 N–H and O–H groups in total. The number of hydrogen-bond acceptors (Lipinski definition) is 5. The lowest BCUT2D eigenvalue weighted by Crippen LogP contribution is -2.41. The van der Waals surface area contributed by atoms with Crippen molar-refractivity contribution in [1.29, 1.82) is 5.26 Å². The molecule has 0 bridgehead atoms. The third-order valence-corrected chi connectivity index (χ3v) is 3.22. The average molecular weight is 269 g/mol. The molecule has 1 saturated heterocycles. The molecule has 3 rings (SSSR count). The molecule has 0 aliphatic carbocycles. The minimum Gasteiger partial charge on any atom is -0.474 e. The van der Waals surface area contributed by atoms with Gasteiger partial charge in [0.1, 0.15) is 24.3 Å². The molecule has 102 valence electrons. The van der Waals surface area contributed by atoms with Crippen molar-refractivity contribution in [2.24, 2.45) is 0 Å². The summed E-state index contributed by atoms with van der Waals surface area (Å²) in [5.74, 6) is 0.375. The van der Waals surface area contributed by atoms with Crippen LogP contribution in [0.2, 0.25) is 0 Å². The lowest BCUT2D eigenvalue weighted by atomic mass is 10.1. The molecule has 1 atom stereocenters. The van der Waals surface area contributed by atoms with E-state index in [1.165, 1.54) is 0 Å². The highest BCUT2D eigenvalue weighted by Crippen LogP contribution is 2.21. The normalized spacial score (nSPS) is 18.6. The summed E-state index contributed by atoms with van der Waals surface area (Å²) in [5.41, 5.74) is 1.27. The molecule has 2 aromatic rings. The van der Waals surface area contributed by atoms with E-state index in [4.69, 9.17) is 9.47 Å². The fourth-order valence-electron chi connectivity index (χ4n) is 2.19. The summed E-state index contributed by atoms with van der Waals surface area (Å²) in [5, 5.41) is 13.4. The van der Waals surface area contributed by atoms with Gasteiger partial charge in [0.15, 0.2) is 0 Å². The van der Waals surface area contributed by atoms with Crippen molar-refractivity contribution in [1.82, 2.24) is 10.3 Å². The first-order chi connectivity index (χ1) is 9.86. The van der Waals surface area contributed by atoms with E-state index in [1.807, 2.05) is 24.3 Å². The van der Waals surface area contributed by atoms with Crippen molar-refractivity contribution in [3.8, 4) is 11.9 Å². The first kappa shape index (κ1) is 12.9. The van der Waals surface area contributed by atoms with Crippen molar-refractivity contribution in [3.63, 3.8) is 0 Å². The van der Waals surface area contributed by atoms with E-state index in [0.717, 1.165) is 24.0 Å². The van der Waals surface area contributed by atoms with Crippen molar-refractivity contribution in [3.05, 3.63) is 35.9 Å². The predicted molar refractivity (Wildman–Crippen MR) is 74.6 cm³/mol. The van der Waals surface area contributed by atoms with Crippen LogP contribution in [0.4, 0.5) is 0 Å². The Morgan fingerprint density at radius 3 is 3.15 bits per heavy atom. The van der Waals surface area contributed by atoms with E-state index in [1.54, 1.807) is 6.07 Å². The molecule has 1 aliphatic rings. The van der Waals surface area contributed by atoms with Gasteiger partial charge in [-0.2, -0.15) is 5.26 Å². The van der Waals surface area contributed by atoms with Crippen LogP contribution < -0.4 is 10.1 Å². The Morgan fingerprint density at radius 2 is 2.35 bits per heavy atom. The van der Waals surface area contributed by atoms with E-state index in [0.29, 0.717) is 24.7 Å². The Labute approximate surface area is 117 Å². The number of nitrogens with one attached hydrogen (secondary N) is 1. The maximum Gasteiger partial charge on any atom is 0.232 e. The van der Waals surface area contributed by atoms with Crippen molar-refractivity contribution >= 4 is 10.9 Å². The van der Waals surface area contributed by atoms with Gasteiger partial charge in [-0.15, -0.1) is 0 Å². The quantitative estimate of drug-likeness (QED) is 0.914. The highest BCUT2D eigenvalue weighted by Gasteiger charge is 2.16. The lowest BCUT2D eigenvalue weighted by molar-refractivity contribution is -0.000733. The minimum absolute atomic E-state index is 0.00330. The number of nitriles is 1. The molecule has 0 radical (unpaired) electrons. The topological polar surface area (TPSA) is 67.2 Å². The maximum atomic E-state index is 9.20. The van der Waals surface area contributed by atoms with Crippen LogP contribution in [0.15, 0.2) is 30.3 Å². The zero-order valence-corrected chi connectivity index (χ0v) is 11.0. The lowest BCUT2D eigenvalue weighted by Gasteiger charge is -2.23. The number of rotatable bonds is 3. The second-order valence-corrected chi connectivity index (χ2v) is 4.65. The first-order valence-electron chi connectivity index (χ1n) is 6.62. The van der Waals surface area contributed by atoms with Gasteiger partial charge >= 0.3 is 0 Å². The number of pyridine rings is 1. The summed E-state index contributed by atoms with van der Waals surface area (Å²) in [4.78, 5) is 4.41. The van der Waals surface area contributed by atoms with Crippen LogP contribution in [0.5, 0.6) is 5.88 Å². The van der Waals surface area contributed by atoms with Gasteiger partial charge in [-0.3, -0.25) is 0 Å². The second kappa shape index (κ2) is 5.87. The highest BCUT2D eigenvalue weighted by molar-refractivity contribution is 5.80. The number of nitrogens with zero attached hydrogens (tertiary/aromatic N) is 2. The monoisotopic (exact) mass is 269 g/mol. The van der Waals surface area contributed by atoms with Crippen LogP contribution in [0.25, 0.3) is 10.9 Å². The fourth-order valence-corrected chi connectivity index (χ4v) is 2.19. The van der Waals surface area contributed by atoms with E-state index in [2.05, 4.69) is 16.4 Å². The molecule has 0 spiro atoms. The van der Waals surface area contributed by atoms with E-state index >= 15 is 0 Å².